The van der Waals surface area contributed by atoms with Crippen molar-refractivity contribution in [2.75, 3.05) is 25.7 Å². The number of carbonyl (C=O) groups is 1. The number of amides is 1. The van der Waals surface area contributed by atoms with Crippen molar-refractivity contribution in [1.82, 2.24) is 5.43 Å². The van der Waals surface area contributed by atoms with Gasteiger partial charge in [0, 0.05) is 29.4 Å². The van der Waals surface area contributed by atoms with Crippen LogP contribution in [0.25, 0.3) is 0 Å². The summed E-state index contributed by atoms with van der Waals surface area (Å²) in [6.45, 7) is 10.1. The smallest absolute Gasteiger partial charge is 0.275 e. The van der Waals surface area contributed by atoms with Crippen LogP contribution in [0.3, 0.4) is 0 Å². The molecule has 6 heteroatoms. The van der Waals surface area contributed by atoms with E-state index in [1.54, 1.807) is 31.5 Å². The molecule has 0 saturated heterocycles. The highest BCUT2D eigenvalue weighted by atomic mass is 16.5. The van der Waals surface area contributed by atoms with Crippen LogP contribution in [0.15, 0.2) is 41.5 Å². The summed E-state index contributed by atoms with van der Waals surface area (Å²) in [5.74, 6) is 1.34. The Hall–Kier alpha value is -3.02. The van der Waals surface area contributed by atoms with Crippen LogP contribution < -0.4 is 19.8 Å². The molecule has 166 valence electrons. The second-order valence-corrected chi connectivity index (χ2v) is 8.62. The predicted molar refractivity (Wildman–Crippen MR) is 126 cm³/mol. The largest absolute Gasteiger partial charge is 0.496 e. The van der Waals surface area contributed by atoms with Gasteiger partial charge in [-0.25, -0.2) is 5.43 Å². The number of fused-ring (bicyclic) bond motifs is 1. The topological polar surface area (TPSA) is 63.2 Å². The molecule has 1 unspecified atom stereocenters. The van der Waals surface area contributed by atoms with Gasteiger partial charge < -0.3 is 14.4 Å². The van der Waals surface area contributed by atoms with Crippen molar-refractivity contribution < 1.29 is 14.3 Å². The maximum atomic E-state index is 12.5. The number of hydrogen-bond donors (Lipinski definition) is 1. The third-order valence-electron chi connectivity index (χ3n) is 5.91. The molecular weight excluding hydrogens is 390 g/mol. The molecule has 2 aromatic rings. The maximum absolute atomic E-state index is 12.5. The van der Waals surface area contributed by atoms with E-state index in [1.807, 2.05) is 6.07 Å². The molecule has 1 amide bonds. The van der Waals surface area contributed by atoms with Gasteiger partial charge in [0.15, 0.2) is 0 Å². The summed E-state index contributed by atoms with van der Waals surface area (Å²) < 4.78 is 10.9. The first kappa shape index (κ1) is 22.7. The van der Waals surface area contributed by atoms with Gasteiger partial charge in [-0.1, -0.05) is 26.0 Å². The molecule has 6 nitrogen and oxygen atoms in total. The molecule has 0 aromatic heterocycles. The highest BCUT2D eigenvalue weighted by Crippen LogP contribution is 2.45. The summed E-state index contributed by atoms with van der Waals surface area (Å²) in [7, 11) is 3.20. The van der Waals surface area contributed by atoms with Crippen LogP contribution in [0.2, 0.25) is 0 Å². The fraction of sp³-hybridized carbons (Fsp3) is 0.440. The van der Waals surface area contributed by atoms with Gasteiger partial charge in [0.2, 0.25) is 0 Å². The number of methoxy groups -OCH3 is 2. The maximum Gasteiger partial charge on any atom is 0.275 e. The number of anilines is 1. The van der Waals surface area contributed by atoms with Gasteiger partial charge in [-0.3, -0.25) is 4.79 Å². The van der Waals surface area contributed by atoms with Crippen molar-refractivity contribution in [1.29, 1.82) is 0 Å². The molecule has 0 radical (unpaired) electrons. The van der Waals surface area contributed by atoms with E-state index in [9.17, 15) is 4.79 Å². The number of ether oxygens (including phenoxy) is 2. The fourth-order valence-corrected chi connectivity index (χ4v) is 4.50. The molecule has 0 saturated carbocycles. The zero-order valence-electron chi connectivity index (χ0n) is 19.4. The third kappa shape index (κ3) is 4.68. The van der Waals surface area contributed by atoms with Gasteiger partial charge in [0.1, 0.15) is 11.5 Å². The molecule has 1 aliphatic heterocycles. The first-order valence-corrected chi connectivity index (χ1v) is 10.8. The highest BCUT2D eigenvalue weighted by molar-refractivity contribution is 5.97. The molecule has 0 spiro atoms. The quantitative estimate of drug-likeness (QED) is 0.504. The first-order chi connectivity index (χ1) is 14.8. The minimum Gasteiger partial charge on any atom is -0.496 e. The van der Waals surface area contributed by atoms with Crippen molar-refractivity contribution in [2.24, 2.45) is 5.10 Å². The second-order valence-electron chi connectivity index (χ2n) is 8.62. The molecule has 3 rings (SSSR count). The van der Waals surface area contributed by atoms with Crippen LogP contribution >= 0.6 is 0 Å². The van der Waals surface area contributed by atoms with Crippen LogP contribution in [0.1, 0.15) is 67.9 Å². The SMILES string of the molecule is CCCN1c2cc(OC)c(/C=N\NC(=O)c3ccccc3OC)cc2C(C)CC1(C)C. The van der Waals surface area contributed by atoms with E-state index < -0.39 is 0 Å². The van der Waals surface area contributed by atoms with Gasteiger partial charge in [0.25, 0.3) is 5.91 Å². The average Bonchev–Trinajstić information content (AvgIpc) is 2.75. The molecule has 2 aromatic carbocycles. The predicted octanol–water partition coefficient (Wildman–Crippen LogP) is 4.97. The summed E-state index contributed by atoms with van der Waals surface area (Å²) in [6, 6.07) is 11.3. The minimum atomic E-state index is -0.324. The van der Waals surface area contributed by atoms with Gasteiger partial charge >= 0.3 is 0 Å². The molecule has 31 heavy (non-hydrogen) atoms. The van der Waals surface area contributed by atoms with E-state index in [0.717, 1.165) is 30.7 Å². The van der Waals surface area contributed by atoms with E-state index in [4.69, 9.17) is 9.47 Å². The summed E-state index contributed by atoms with van der Waals surface area (Å²) in [4.78, 5) is 15.0. The number of benzene rings is 2. The standard InChI is InChI=1S/C25H33N3O3/c1-7-12-28-21-14-23(31-6)18(13-20(21)17(2)15-25(28,3)4)16-26-27-24(29)19-10-8-9-11-22(19)30-5/h8-11,13-14,16-17H,7,12,15H2,1-6H3,(H,27,29)/b26-16-. The molecule has 1 N–H and O–H groups in total. The summed E-state index contributed by atoms with van der Waals surface area (Å²) in [5, 5.41) is 4.19. The van der Waals surface area contributed by atoms with Gasteiger partial charge in [-0.2, -0.15) is 5.10 Å². The van der Waals surface area contributed by atoms with E-state index in [0.29, 0.717) is 17.2 Å². The van der Waals surface area contributed by atoms with Crippen LogP contribution in [0, 0.1) is 0 Å². The van der Waals surface area contributed by atoms with E-state index >= 15 is 0 Å². The zero-order chi connectivity index (χ0) is 22.6. The summed E-state index contributed by atoms with van der Waals surface area (Å²) in [5.41, 5.74) is 6.46. The van der Waals surface area contributed by atoms with Crippen molar-refractivity contribution in [3.63, 3.8) is 0 Å². The zero-order valence-corrected chi connectivity index (χ0v) is 19.4. The number of hydrogen-bond acceptors (Lipinski definition) is 5. The van der Waals surface area contributed by atoms with Crippen molar-refractivity contribution in [3.05, 3.63) is 53.1 Å². The monoisotopic (exact) mass is 423 g/mol. The molecule has 0 fully saturated rings. The number of nitrogens with one attached hydrogen (secondary N) is 1. The van der Waals surface area contributed by atoms with Gasteiger partial charge in [-0.05, 0) is 56.4 Å². The lowest BCUT2D eigenvalue weighted by molar-refractivity contribution is 0.0952. The second kappa shape index (κ2) is 9.41. The molecular formula is C25H33N3O3. The van der Waals surface area contributed by atoms with Crippen molar-refractivity contribution >= 4 is 17.8 Å². The highest BCUT2D eigenvalue weighted by Gasteiger charge is 2.36. The third-order valence-corrected chi connectivity index (χ3v) is 5.91. The Balaban J connectivity index is 1.89. The normalized spacial score (nSPS) is 17.4. The van der Waals surface area contributed by atoms with Crippen LogP contribution in [0.4, 0.5) is 5.69 Å². The minimum absolute atomic E-state index is 0.0890. The van der Waals surface area contributed by atoms with Gasteiger partial charge in [0.05, 0.1) is 26.0 Å². The van der Waals surface area contributed by atoms with Crippen molar-refractivity contribution in [3.8, 4) is 11.5 Å². The van der Waals surface area contributed by atoms with Crippen LogP contribution in [0.5, 0.6) is 11.5 Å². The molecule has 0 aliphatic carbocycles. The Morgan fingerprint density at radius 1 is 1.23 bits per heavy atom. The Morgan fingerprint density at radius 3 is 2.61 bits per heavy atom. The first-order valence-electron chi connectivity index (χ1n) is 10.8. The number of para-hydroxylation sites is 1. The lowest BCUT2D eigenvalue weighted by Crippen LogP contribution is -2.48. The summed E-state index contributed by atoms with van der Waals surface area (Å²) in [6.07, 6.45) is 3.80. The number of nitrogens with zero attached hydrogens (tertiary/aromatic N) is 2. The Labute approximate surface area is 185 Å². The van der Waals surface area contributed by atoms with Crippen LogP contribution in [-0.2, 0) is 0 Å². The summed E-state index contributed by atoms with van der Waals surface area (Å²) >= 11 is 0. The number of rotatable bonds is 7. The Kier molecular flexibility index (Phi) is 6.88. The molecule has 1 aliphatic rings. The molecule has 0 bridgehead atoms. The lowest BCUT2D eigenvalue weighted by atomic mass is 9.79. The number of hydrazone groups is 1. The average molecular weight is 424 g/mol. The fourth-order valence-electron chi connectivity index (χ4n) is 4.50. The van der Waals surface area contributed by atoms with Crippen LogP contribution in [-0.4, -0.2) is 38.4 Å². The molecule has 1 atom stereocenters. The number of carbonyl (C=O) groups excluding carboxylic acids is 1. The van der Waals surface area contributed by atoms with Crippen molar-refractivity contribution in [2.45, 2.75) is 52.0 Å². The Morgan fingerprint density at radius 2 is 1.94 bits per heavy atom. The van der Waals surface area contributed by atoms with E-state index in [1.165, 1.54) is 18.4 Å². The Bertz CT molecular complexity index is 968. The van der Waals surface area contributed by atoms with E-state index in [2.05, 4.69) is 55.3 Å². The lowest BCUT2D eigenvalue weighted by Gasteiger charge is -2.47. The van der Waals surface area contributed by atoms with E-state index in [-0.39, 0.29) is 11.4 Å². The molecule has 1 heterocycles. The van der Waals surface area contributed by atoms with Gasteiger partial charge in [-0.15, -0.1) is 0 Å².